The van der Waals surface area contributed by atoms with Crippen LogP contribution < -0.4 is 0 Å². The number of alkyl halides is 3. The second kappa shape index (κ2) is 2.26. The number of rotatable bonds is 0. The lowest BCUT2D eigenvalue weighted by Gasteiger charge is -2.03. The molecule has 0 aliphatic carbocycles. The monoisotopic (exact) mass is 171 g/mol. The SMILES string of the molecule is [2H][SH]1C(C)=NN=C1C(F)(F)F. The van der Waals surface area contributed by atoms with E-state index in [1.165, 1.54) is 6.92 Å². The molecule has 0 amide bonds. The average molecular weight is 171 g/mol. The maximum Gasteiger partial charge on any atom is 0.439 e. The Hall–Kier alpha value is -0.520. The zero-order chi connectivity index (χ0) is 8.65. The maximum absolute atomic E-state index is 11.9. The Morgan fingerprint density at radius 2 is 2.10 bits per heavy atom. The van der Waals surface area contributed by atoms with Crippen LogP contribution in [-0.4, -0.2) is 17.4 Å². The molecule has 0 aromatic carbocycles. The summed E-state index contributed by atoms with van der Waals surface area (Å²) in [5.41, 5.74) is 0. The summed E-state index contributed by atoms with van der Waals surface area (Å²) in [6, 6.07) is 0. The molecule has 6 heteroatoms. The second-order valence-electron chi connectivity index (χ2n) is 1.68. The summed E-state index contributed by atoms with van der Waals surface area (Å²) in [7, 11) is 0. The summed E-state index contributed by atoms with van der Waals surface area (Å²) in [6.45, 7) is 1.38. The van der Waals surface area contributed by atoms with Gasteiger partial charge < -0.3 is 0 Å². The lowest BCUT2D eigenvalue weighted by Crippen LogP contribution is -2.18. The third-order valence-electron chi connectivity index (χ3n) is 0.811. The molecule has 2 nitrogen and oxygen atoms in total. The van der Waals surface area contributed by atoms with Crippen molar-refractivity contribution in [3.63, 3.8) is 0 Å². The van der Waals surface area contributed by atoms with E-state index in [0.29, 0.717) is 0 Å². The summed E-state index contributed by atoms with van der Waals surface area (Å²) < 4.78 is 42.7. The summed E-state index contributed by atoms with van der Waals surface area (Å²) >= 11 is -2.05. The van der Waals surface area contributed by atoms with Crippen molar-refractivity contribution < 1.29 is 13.2 Å². The number of nitrogens with zero attached hydrogens (tertiary/aromatic N) is 2. The van der Waals surface area contributed by atoms with Gasteiger partial charge in [-0.1, -0.05) is 0 Å². The topological polar surface area (TPSA) is 24.7 Å². The van der Waals surface area contributed by atoms with Gasteiger partial charge in [-0.3, -0.25) is 0 Å². The Balaban J connectivity index is 2.83. The fourth-order valence-corrected chi connectivity index (χ4v) is 1.05. The third kappa shape index (κ3) is 1.50. The molecule has 0 fully saturated rings. The van der Waals surface area contributed by atoms with Crippen molar-refractivity contribution >= 4 is 21.8 Å². The minimum atomic E-state index is -4.49. The highest BCUT2D eigenvalue weighted by Crippen LogP contribution is 2.29. The van der Waals surface area contributed by atoms with Gasteiger partial charge in [-0.25, -0.2) is 0 Å². The fourth-order valence-electron chi connectivity index (χ4n) is 0.438. The lowest BCUT2D eigenvalue weighted by molar-refractivity contribution is -0.0554. The highest BCUT2D eigenvalue weighted by atomic mass is 32.2. The zero-order valence-corrected chi connectivity index (χ0v) is 5.87. The van der Waals surface area contributed by atoms with Crippen LogP contribution in [0, 0.1) is 0 Å². The van der Waals surface area contributed by atoms with E-state index in [4.69, 9.17) is 1.12 Å². The van der Waals surface area contributed by atoms with Crippen LogP contribution in [0.2, 0.25) is 0 Å². The smallest absolute Gasteiger partial charge is 0.174 e. The molecule has 0 saturated carbocycles. The van der Waals surface area contributed by atoms with E-state index in [0.717, 1.165) is 0 Å². The van der Waals surface area contributed by atoms with Crippen LogP contribution in [0.5, 0.6) is 0 Å². The predicted octanol–water partition coefficient (Wildman–Crippen LogP) is 1.49. The Morgan fingerprint density at radius 3 is 2.30 bits per heavy atom. The van der Waals surface area contributed by atoms with Crippen LogP contribution in [0.4, 0.5) is 13.2 Å². The van der Waals surface area contributed by atoms with Gasteiger partial charge in [0.05, 0.1) is 6.17 Å². The molecule has 0 radical (unpaired) electrons. The number of halogens is 3. The molecule has 0 N–H and O–H groups in total. The van der Waals surface area contributed by atoms with E-state index in [1.807, 2.05) is 0 Å². The predicted molar refractivity (Wildman–Crippen MR) is 37.0 cm³/mol. The molecule has 1 aliphatic rings. The van der Waals surface area contributed by atoms with Crippen molar-refractivity contribution in [1.29, 1.82) is 1.12 Å². The highest BCUT2D eigenvalue weighted by molar-refractivity contribution is 8.27. The van der Waals surface area contributed by atoms with Crippen LogP contribution in [0.15, 0.2) is 10.2 Å². The highest BCUT2D eigenvalue weighted by Gasteiger charge is 2.37. The first-order chi connectivity index (χ1) is 4.93. The van der Waals surface area contributed by atoms with Crippen LogP contribution >= 0.6 is 11.7 Å². The molecule has 1 unspecified atom stereocenters. The van der Waals surface area contributed by atoms with Gasteiger partial charge in [0.1, 0.15) is 0 Å². The zero-order valence-electron chi connectivity index (χ0n) is 5.98. The van der Waals surface area contributed by atoms with Gasteiger partial charge in [-0.2, -0.15) is 24.8 Å². The fraction of sp³-hybridized carbons (Fsp3) is 0.500. The van der Waals surface area contributed by atoms with E-state index in [2.05, 4.69) is 10.2 Å². The van der Waals surface area contributed by atoms with Crippen molar-refractivity contribution in [2.75, 3.05) is 0 Å². The molecule has 10 heavy (non-hydrogen) atoms. The van der Waals surface area contributed by atoms with E-state index >= 15 is 0 Å². The number of hydrogen-bond acceptors (Lipinski definition) is 2. The normalized spacial score (nSPS) is 31.2. The molecule has 1 atom stereocenters. The van der Waals surface area contributed by atoms with Crippen molar-refractivity contribution in [3.8, 4) is 0 Å². The maximum atomic E-state index is 11.9. The van der Waals surface area contributed by atoms with Gasteiger partial charge in [0, 0.05) is 0 Å². The van der Waals surface area contributed by atoms with Crippen molar-refractivity contribution in [2.45, 2.75) is 13.1 Å². The largest absolute Gasteiger partial charge is 0.439 e. The Morgan fingerprint density at radius 1 is 1.50 bits per heavy atom. The average Bonchev–Trinajstić information content (AvgIpc) is 2.11. The molecule has 1 aliphatic heterocycles. The Kier molecular flexibility index (Phi) is 1.40. The van der Waals surface area contributed by atoms with Crippen LogP contribution in [0.3, 0.4) is 0 Å². The molecule has 1 rings (SSSR count). The quantitative estimate of drug-likeness (QED) is 0.527. The molecule has 1 heterocycles. The molecule has 0 aromatic rings. The molecule has 0 bridgehead atoms. The Labute approximate surface area is 60.3 Å². The third-order valence-corrected chi connectivity index (χ3v) is 1.78. The molecular weight excluding hydrogens is 165 g/mol. The Bertz CT molecular complexity index is 234. The first-order valence-electron chi connectivity index (χ1n) is 2.86. The summed E-state index contributed by atoms with van der Waals surface area (Å²) in [4.78, 5) is 0. The minimum Gasteiger partial charge on any atom is -0.174 e. The molecule has 0 aromatic heterocycles. The molecular formula is C4H5F3N2S. The first kappa shape index (κ1) is 6.21. The van der Waals surface area contributed by atoms with Crippen molar-refractivity contribution in [1.82, 2.24) is 0 Å². The first-order valence-corrected chi connectivity index (χ1v) is 3.31. The van der Waals surface area contributed by atoms with Gasteiger partial charge in [0.2, 0.25) is 0 Å². The van der Waals surface area contributed by atoms with Crippen LogP contribution in [0.1, 0.15) is 6.92 Å². The van der Waals surface area contributed by atoms with Gasteiger partial charge >= 0.3 is 6.18 Å². The van der Waals surface area contributed by atoms with E-state index in [1.54, 1.807) is 0 Å². The van der Waals surface area contributed by atoms with E-state index in [9.17, 15) is 13.2 Å². The molecule has 58 valence electrons. The van der Waals surface area contributed by atoms with Crippen LogP contribution in [-0.2, 0) is 0 Å². The number of hydrogen-bond donors (Lipinski definition) is 0. The summed E-state index contributed by atoms with van der Waals surface area (Å²) in [5, 5.41) is 5.16. The van der Waals surface area contributed by atoms with Gasteiger partial charge in [0.25, 0.3) is 0 Å². The second-order valence-corrected chi connectivity index (χ2v) is 2.97. The molecule has 0 saturated heterocycles. The summed E-state index contributed by atoms with van der Waals surface area (Å²) in [6.07, 6.45) is -4.49. The van der Waals surface area contributed by atoms with E-state index in [-0.39, 0.29) is 5.04 Å². The minimum absolute atomic E-state index is 0.146. The van der Waals surface area contributed by atoms with Gasteiger partial charge in [0.15, 0.2) is 5.04 Å². The van der Waals surface area contributed by atoms with Crippen LogP contribution in [0.25, 0.3) is 0 Å². The van der Waals surface area contributed by atoms with Crippen molar-refractivity contribution in [2.24, 2.45) is 10.2 Å². The van der Waals surface area contributed by atoms with Gasteiger partial charge in [-0.05, 0) is 6.92 Å². The van der Waals surface area contributed by atoms with E-state index < -0.39 is 22.9 Å². The summed E-state index contributed by atoms with van der Waals surface area (Å²) in [5.74, 6) is 0. The lowest BCUT2D eigenvalue weighted by atomic mass is 10.7. The molecule has 0 spiro atoms. The standard InChI is InChI=1S/C4H5F3N2S/c1-2-8-9-3(10-2)4(5,6)7/h10H2,1H3/i10D. The van der Waals surface area contributed by atoms with Crippen molar-refractivity contribution in [3.05, 3.63) is 0 Å². The van der Waals surface area contributed by atoms with Gasteiger partial charge in [-0.15, -0.1) is 10.2 Å².